The second-order valence-electron chi connectivity index (χ2n) is 15.9. The van der Waals surface area contributed by atoms with Crippen molar-refractivity contribution in [2.75, 3.05) is 0 Å². The Hall–Kier alpha value is -6.94. The first-order chi connectivity index (χ1) is 28.0. The third-order valence-corrected chi connectivity index (χ3v) is 12.2. The minimum absolute atomic E-state index is 0.0355. The van der Waals surface area contributed by atoms with Gasteiger partial charge in [0.05, 0.1) is 16.8 Å². The third kappa shape index (κ3) is 5.38. The third-order valence-electron chi connectivity index (χ3n) is 12.2. The molecule has 11 rings (SSSR count). The molecule has 2 unspecified atom stereocenters. The van der Waals surface area contributed by atoms with E-state index in [4.69, 9.17) is 9.98 Å². The summed E-state index contributed by atoms with van der Waals surface area (Å²) in [5.74, 6) is 1.04. The molecule has 0 spiro atoms. The molecule has 1 aromatic heterocycles. The molecule has 2 atom stereocenters. The number of aromatic nitrogens is 1. The van der Waals surface area contributed by atoms with Gasteiger partial charge < -0.3 is 0 Å². The highest BCUT2D eigenvalue weighted by atomic mass is 15.4. The van der Waals surface area contributed by atoms with Crippen LogP contribution in [0.4, 0.5) is 5.69 Å². The maximum absolute atomic E-state index is 5.45. The molecule has 0 bridgehead atoms. The molecule has 0 saturated carbocycles. The monoisotopic (exact) mass is 730 g/mol. The topological polar surface area (TPSA) is 29.7 Å². The highest BCUT2D eigenvalue weighted by Gasteiger charge is 2.41. The molecular formula is C54H40N3+. The largest absolute Gasteiger partial charge is 0.247 e. The Morgan fingerprint density at radius 1 is 0.456 bits per heavy atom. The summed E-state index contributed by atoms with van der Waals surface area (Å²) >= 11 is 0. The molecule has 270 valence electrons. The Morgan fingerprint density at radius 3 is 1.84 bits per heavy atom. The molecule has 8 aromatic carbocycles. The van der Waals surface area contributed by atoms with Gasteiger partial charge in [-0.1, -0.05) is 172 Å². The lowest BCUT2D eigenvalue weighted by Gasteiger charge is -2.34. The summed E-state index contributed by atoms with van der Waals surface area (Å²) < 4.78 is 0. The molecule has 1 aliphatic carbocycles. The summed E-state index contributed by atoms with van der Waals surface area (Å²) in [7, 11) is 0. The summed E-state index contributed by atoms with van der Waals surface area (Å²) in [5.41, 5.74) is 16.9. The maximum Gasteiger partial charge on any atom is 0.241 e. The number of benzene rings is 8. The van der Waals surface area contributed by atoms with Gasteiger partial charge in [0.25, 0.3) is 0 Å². The number of hydrogen-bond acceptors (Lipinski definition) is 2. The minimum Gasteiger partial charge on any atom is -0.247 e. The van der Waals surface area contributed by atoms with Crippen LogP contribution in [0.25, 0.3) is 66.3 Å². The molecule has 0 saturated heterocycles. The lowest BCUT2D eigenvalue weighted by molar-refractivity contribution is -0.792. The lowest BCUT2D eigenvalue weighted by Crippen LogP contribution is -3.14. The molecule has 9 aromatic rings. The normalized spacial score (nSPS) is 16.5. The van der Waals surface area contributed by atoms with E-state index >= 15 is 0 Å². The predicted molar refractivity (Wildman–Crippen MR) is 236 cm³/mol. The number of rotatable bonds is 6. The summed E-state index contributed by atoms with van der Waals surface area (Å²) in [6.07, 6.45) is -0.0888. The van der Waals surface area contributed by atoms with Gasteiger partial charge in [0.15, 0.2) is 0 Å². The number of nitrogens with one attached hydrogen (secondary N) is 1. The van der Waals surface area contributed by atoms with Crippen LogP contribution in [-0.4, -0.2) is 10.8 Å². The highest BCUT2D eigenvalue weighted by Crippen LogP contribution is 2.49. The Kier molecular flexibility index (Phi) is 7.67. The smallest absolute Gasteiger partial charge is 0.241 e. The molecule has 0 radical (unpaired) electrons. The zero-order valence-corrected chi connectivity index (χ0v) is 31.9. The summed E-state index contributed by atoms with van der Waals surface area (Å²) in [4.78, 5) is 12.0. The van der Waals surface area contributed by atoms with Crippen molar-refractivity contribution in [2.24, 2.45) is 4.99 Å². The number of quaternary nitrogens is 1. The number of hydrogen-bond donors (Lipinski definition) is 1. The van der Waals surface area contributed by atoms with Crippen molar-refractivity contribution in [3.8, 4) is 44.6 Å². The first-order valence-electron chi connectivity index (χ1n) is 19.9. The Morgan fingerprint density at radius 2 is 1.09 bits per heavy atom. The first kappa shape index (κ1) is 33.4. The molecule has 3 nitrogen and oxygen atoms in total. The van der Waals surface area contributed by atoms with E-state index in [1.54, 1.807) is 0 Å². The van der Waals surface area contributed by atoms with Crippen molar-refractivity contribution in [1.29, 1.82) is 0 Å². The second-order valence-corrected chi connectivity index (χ2v) is 15.9. The van der Waals surface area contributed by atoms with Crippen LogP contribution in [-0.2, 0) is 5.41 Å². The van der Waals surface area contributed by atoms with Gasteiger partial charge in [-0.25, -0.2) is 9.88 Å². The van der Waals surface area contributed by atoms with Crippen LogP contribution in [0, 0.1) is 0 Å². The molecule has 0 amide bonds. The fraction of sp³-hybridized carbons (Fsp3) is 0.0741. The Bertz CT molecular complexity index is 3020. The fourth-order valence-electron chi connectivity index (χ4n) is 9.33. The van der Waals surface area contributed by atoms with Crippen LogP contribution >= 0.6 is 0 Å². The van der Waals surface area contributed by atoms with Crippen molar-refractivity contribution in [2.45, 2.75) is 25.4 Å². The number of aliphatic imine (C=N–C) groups is 1. The van der Waals surface area contributed by atoms with Gasteiger partial charge in [-0.2, -0.15) is 4.99 Å². The van der Waals surface area contributed by atoms with Gasteiger partial charge in [-0.05, 0) is 68.8 Å². The van der Waals surface area contributed by atoms with Crippen LogP contribution in [0.3, 0.4) is 0 Å². The van der Waals surface area contributed by atoms with Crippen LogP contribution < -0.4 is 4.90 Å². The zero-order valence-electron chi connectivity index (χ0n) is 31.9. The van der Waals surface area contributed by atoms with Crippen molar-refractivity contribution in [3.63, 3.8) is 0 Å². The fourth-order valence-corrected chi connectivity index (χ4v) is 9.33. The van der Waals surface area contributed by atoms with Gasteiger partial charge >= 0.3 is 0 Å². The van der Waals surface area contributed by atoms with E-state index in [2.05, 4.69) is 208 Å². The standard InChI is InChI=1S/C54H39N3/c1-54(2)47-24-13-12-21-43(47)44-31-29-40(33-48(44)54)35-25-27-39(28-26-35)53-56-52(38-19-10-5-11-20-38)57(53)41-30-32-45-49(34-41)55-51(37-17-8-4-9-18-37)46-23-14-22-42(50(45)46)36-15-6-3-7-16-36/h3-34,53H,1-2H3/p+1. The Labute approximate surface area is 333 Å². The van der Waals surface area contributed by atoms with Crippen LogP contribution in [0.2, 0.25) is 0 Å². The number of amidine groups is 1. The van der Waals surface area contributed by atoms with E-state index in [1.807, 2.05) is 0 Å². The number of pyridine rings is 1. The molecule has 3 heteroatoms. The molecule has 2 heterocycles. The van der Waals surface area contributed by atoms with Crippen molar-refractivity contribution in [3.05, 3.63) is 216 Å². The predicted octanol–water partition coefficient (Wildman–Crippen LogP) is 12.4. The van der Waals surface area contributed by atoms with Crippen molar-refractivity contribution >= 4 is 33.2 Å². The van der Waals surface area contributed by atoms with Gasteiger partial charge in [0.1, 0.15) is 5.69 Å². The molecule has 2 aliphatic rings. The Balaban J connectivity index is 1.02. The summed E-state index contributed by atoms with van der Waals surface area (Å²) in [5, 5.41) is 3.52. The summed E-state index contributed by atoms with van der Waals surface area (Å²) in [6, 6.07) is 70.2. The SMILES string of the molecule is CC1(C)c2ccccc2-c2ccc(-c3ccc(C4N=C(c5ccccc5)[NH+]4c4ccc5c(c4)nc(-c4ccccc4)c4cccc(-c6ccccc6)c45)cc3)cc21. The van der Waals surface area contributed by atoms with Crippen LogP contribution in [0.1, 0.15) is 42.3 Å². The number of fused-ring (bicyclic) bond motifs is 6. The lowest BCUT2D eigenvalue weighted by atomic mass is 9.81. The molecule has 1 N–H and O–H groups in total. The number of nitrogens with zero attached hydrogens (tertiary/aromatic N) is 2. The van der Waals surface area contributed by atoms with E-state index in [0.29, 0.717) is 0 Å². The van der Waals surface area contributed by atoms with Crippen molar-refractivity contribution < 1.29 is 4.90 Å². The molecule has 0 fully saturated rings. The van der Waals surface area contributed by atoms with E-state index in [9.17, 15) is 0 Å². The van der Waals surface area contributed by atoms with E-state index in [0.717, 1.165) is 44.6 Å². The van der Waals surface area contributed by atoms with E-state index in [-0.39, 0.29) is 11.6 Å². The van der Waals surface area contributed by atoms with E-state index < -0.39 is 0 Å². The van der Waals surface area contributed by atoms with Gasteiger partial charge in [-0.3, -0.25) is 0 Å². The molecule has 1 aliphatic heterocycles. The average Bonchev–Trinajstić information content (AvgIpc) is 3.49. The van der Waals surface area contributed by atoms with Gasteiger partial charge in [0.2, 0.25) is 12.0 Å². The quantitative estimate of drug-likeness (QED) is 0.170. The van der Waals surface area contributed by atoms with Crippen LogP contribution in [0.5, 0.6) is 0 Å². The van der Waals surface area contributed by atoms with Gasteiger partial charge in [-0.15, -0.1) is 0 Å². The first-order valence-corrected chi connectivity index (χ1v) is 19.9. The second kappa shape index (κ2) is 13.1. The van der Waals surface area contributed by atoms with Gasteiger partial charge in [0, 0.05) is 44.8 Å². The average molecular weight is 731 g/mol. The maximum atomic E-state index is 5.45. The molecule has 57 heavy (non-hydrogen) atoms. The summed E-state index contributed by atoms with van der Waals surface area (Å²) in [6.45, 7) is 4.69. The van der Waals surface area contributed by atoms with Crippen LogP contribution in [0.15, 0.2) is 199 Å². The van der Waals surface area contributed by atoms with Crippen molar-refractivity contribution in [1.82, 2.24) is 4.98 Å². The zero-order chi connectivity index (χ0) is 38.1. The minimum atomic E-state index is -0.0888. The highest BCUT2D eigenvalue weighted by molar-refractivity contribution is 6.17. The van der Waals surface area contributed by atoms with E-state index in [1.165, 1.54) is 60.4 Å². The molecular weight excluding hydrogens is 691 g/mol.